The van der Waals surface area contributed by atoms with Crippen LogP contribution in [0.3, 0.4) is 0 Å². The Hall–Kier alpha value is -2.12. The molecule has 2 amide bonds. The summed E-state index contributed by atoms with van der Waals surface area (Å²) in [6, 6.07) is 3.17. The fourth-order valence-electron chi connectivity index (χ4n) is 2.38. The molecule has 0 bridgehead atoms. The van der Waals surface area contributed by atoms with Crippen molar-refractivity contribution in [2.75, 3.05) is 13.1 Å². The molecule has 2 rings (SSSR count). The normalized spacial score (nSPS) is 20.1. The summed E-state index contributed by atoms with van der Waals surface area (Å²) < 4.78 is 37.0. The Morgan fingerprint density at radius 1 is 1.45 bits per heavy atom. The van der Waals surface area contributed by atoms with E-state index in [1.54, 1.807) is 31.5 Å². The fraction of sp³-hybridized carbons (Fsp3) is 0.500. The third kappa shape index (κ3) is 4.19. The third-order valence-corrected chi connectivity index (χ3v) is 3.52. The van der Waals surface area contributed by atoms with Crippen molar-refractivity contribution in [1.29, 1.82) is 0 Å². The van der Waals surface area contributed by atoms with Crippen molar-refractivity contribution < 1.29 is 22.8 Å². The van der Waals surface area contributed by atoms with Gasteiger partial charge in [-0.2, -0.15) is 13.2 Å². The Bertz CT molecular complexity index is 548. The standard InChI is InChI=1S/C14H16F3N3O2/c1-9(10-2-4-18-5-3-10)19-13(22)11-6-12(21)20(7-11)8-14(15,16)17/h2-5,9,11H,6-8H2,1H3,(H,19,22)/t9-,11+/m1/s1. The van der Waals surface area contributed by atoms with Crippen molar-refractivity contribution in [3.05, 3.63) is 30.1 Å². The van der Waals surface area contributed by atoms with E-state index < -0.39 is 30.5 Å². The maximum atomic E-state index is 12.3. The summed E-state index contributed by atoms with van der Waals surface area (Å²) in [6.45, 7) is 0.250. The number of hydrogen-bond donors (Lipinski definition) is 1. The van der Waals surface area contributed by atoms with E-state index in [0.717, 1.165) is 5.56 Å². The van der Waals surface area contributed by atoms with Gasteiger partial charge in [0.2, 0.25) is 11.8 Å². The van der Waals surface area contributed by atoms with Crippen LogP contribution >= 0.6 is 0 Å². The molecule has 2 heterocycles. The largest absolute Gasteiger partial charge is 0.406 e. The highest BCUT2D eigenvalue weighted by atomic mass is 19.4. The van der Waals surface area contributed by atoms with Gasteiger partial charge in [0.15, 0.2) is 0 Å². The first-order chi connectivity index (χ1) is 10.3. The lowest BCUT2D eigenvalue weighted by Crippen LogP contribution is -2.37. The van der Waals surface area contributed by atoms with E-state index in [1.165, 1.54) is 0 Å². The van der Waals surface area contributed by atoms with Gasteiger partial charge in [0.25, 0.3) is 0 Å². The Labute approximate surface area is 125 Å². The van der Waals surface area contributed by atoms with E-state index >= 15 is 0 Å². The minimum absolute atomic E-state index is 0.190. The number of amides is 2. The van der Waals surface area contributed by atoms with Gasteiger partial charge in [-0.3, -0.25) is 14.6 Å². The molecule has 0 spiro atoms. The molecule has 1 saturated heterocycles. The Kier molecular flexibility index (Phi) is 4.68. The molecule has 0 unspecified atom stereocenters. The first kappa shape index (κ1) is 16.3. The first-order valence-corrected chi connectivity index (χ1v) is 6.81. The number of carbonyl (C=O) groups excluding carboxylic acids is 2. The Morgan fingerprint density at radius 3 is 2.68 bits per heavy atom. The van der Waals surface area contributed by atoms with Crippen LogP contribution in [-0.2, 0) is 9.59 Å². The number of hydrogen-bond acceptors (Lipinski definition) is 3. The van der Waals surface area contributed by atoms with Crippen molar-refractivity contribution >= 4 is 11.8 Å². The predicted octanol–water partition coefficient (Wildman–Crippen LogP) is 1.67. The maximum Gasteiger partial charge on any atom is 0.406 e. The van der Waals surface area contributed by atoms with Crippen LogP contribution in [0.15, 0.2) is 24.5 Å². The Balaban J connectivity index is 1.93. The van der Waals surface area contributed by atoms with Gasteiger partial charge in [-0.05, 0) is 24.6 Å². The number of carbonyl (C=O) groups is 2. The van der Waals surface area contributed by atoms with Gasteiger partial charge < -0.3 is 10.2 Å². The molecule has 5 nitrogen and oxygen atoms in total. The highest BCUT2D eigenvalue weighted by Gasteiger charge is 2.40. The van der Waals surface area contributed by atoms with E-state index in [0.29, 0.717) is 4.90 Å². The highest BCUT2D eigenvalue weighted by molar-refractivity contribution is 5.89. The van der Waals surface area contributed by atoms with Crippen LogP contribution in [0, 0.1) is 5.92 Å². The zero-order chi connectivity index (χ0) is 16.3. The van der Waals surface area contributed by atoms with Crippen molar-refractivity contribution in [2.24, 2.45) is 5.92 Å². The minimum Gasteiger partial charge on any atom is -0.349 e. The number of nitrogens with zero attached hydrogens (tertiary/aromatic N) is 2. The predicted molar refractivity (Wildman–Crippen MR) is 71.5 cm³/mol. The van der Waals surface area contributed by atoms with Crippen molar-refractivity contribution in [3.8, 4) is 0 Å². The van der Waals surface area contributed by atoms with Crippen LogP contribution in [0.4, 0.5) is 13.2 Å². The van der Waals surface area contributed by atoms with E-state index in [1.807, 2.05) is 0 Å². The second kappa shape index (κ2) is 6.33. The summed E-state index contributed by atoms with van der Waals surface area (Å²) in [5.41, 5.74) is 0.833. The Morgan fingerprint density at radius 2 is 2.09 bits per heavy atom. The van der Waals surface area contributed by atoms with Crippen LogP contribution in [0.2, 0.25) is 0 Å². The zero-order valence-corrected chi connectivity index (χ0v) is 11.9. The lowest BCUT2D eigenvalue weighted by atomic mass is 10.1. The highest BCUT2D eigenvalue weighted by Crippen LogP contribution is 2.24. The van der Waals surface area contributed by atoms with Crippen LogP contribution in [-0.4, -0.2) is 41.0 Å². The molecule has 0 aromatic carbocycles. The van der Waals surface area contributed by atoms with Gasteiger partial charge >= 0.3 is 6.18 Å². The molecule has 2 atom stereocenters. The maximum absolute atomic E-state index is 12.3. The molecule has 0 radical (unpaired) electrons. The molecular formula is C14H16F3N3O2. The van der Waals surface area contributed by atoms with Crippen LogP contribution in [0.1, 0.15) is 24.9 Å². The summed E-state index contributed by atoms with van der Waals surface area (Å²) in [7, 11) is 0. The van der Waals surface area contributed by atoms with Gasteiger partial charge in [0.05, 0.1) is 12.0 Å². The van der Waals surface area contributed by atoms with Gasteiger partial charge in [0.1, 0.15) is 6.54 Å². The number of alkyl halides is 3. The smallest absolute Gasteiger partial charge is 0.349 e. The molecular weight excluding hydrogens is 299 g/mol. The van der Waals surface area contributed by atoms with E-state index in [2.05, 4.69) is 10.3 Å². The second-order valence-electron chi connectivity index (χ2n) is 5.30. The fourth-order valence-corrected chi connectivity index (χ4v) is 2.38. The molecule has 1 aliphatic heterocycles. The van der Waals surface area contributed by atoms with Crippen LogP contribution < -0.4 is 5.32 Å². The van der Waals surface area contributed by atoms with Gasteiger partial charge in [-0.25, -0.2) is 0 Å². The summed E-state index contributed by atoms with van der Waals surface area (Å²) >= 11 is 0. The van der Waals surface area contributed by atoms with Gasteiger partial charge in [-0.15, -0.1) is 0 Å². The molecule has 1 aromatic rings. The van der Waals surface area contributed by atoms with E-state index in [9.17, 15) is 22.8 Å². The van der Waals surface area contributed by atoms with Crippen molar-refractivity contribution in [3.63, 3.8) is 0 Å². The summed E-state index contributed by atoms with van der Waals surface area (Å²) in [4.78, 5) is 28.2. The SMILES string of the molecule is C[C@@H](NC(=O)[C@H]1CC(=O)N(CC(F)(F)F)C1)c1ccncc1. The quantitative estimate of drug-likeness (QED) is 0.919. The van der Waals surface area contributed by atoms with E-state index in [4.69, 9.17) is 0 Å². The van der Waals surface area contributed by atoms with E-state index in [-0.39, 0.29) is 19.0 Å². The number of nitrogens with one attached hydrogen (secondary N) is 1. The molecule has 1 fully saturated rings. The third-order valence-electron chi connectivity index (χ3n) is 3.52. The first-order valence-electron chi connectivity index (χ1n) is 6.81. The van der Waals surface area contributed by atoms with Crippen LogP contribution in [0.25, 0.3) is 0 Å². The van der Waals surface area contributed by atoms with Gasteiger partial charge in [0, 0.05) is 25.4 Å². The van der Waals surface area contributed by atoms with Gasteiger partial charge in [-0.1, -0.05) is 0 Å². The number of pyridine rings is 1. The lowest BCUT2D eigenvalue weighted by molar-refractivity contribution is -0.157. The summed E-state index contributed by atoms with van der Waals surface area (Å²) in [6.07, 6.45) is -1.47. The minimum atomic E-state index is -4.45. The number of likely N-dealkylation sites (tertiary alicyclic amines) is 1. The number of halogens is 3. The van der Waals surface area contributed by atoms with Crippen molar-refractivity contribution in [1.82, 2.24) is 15.2 Å². The number of rotatable bonds is 4. The lowest BCUT2D eigenvalue weighted by Gasteiger charge is -2.19. The summed E-state index contributed by atoms with van der Waals surface area (Å²) in [5.74, 6) is -1.81. The summed E-state index contributed by atoms with van der Waals surface area (Å²) in [5, 5.41) is 2.72. The molecule has 1 aliphatic rings. The average Bonchev–Trinajstić information content (AvgIpc) is 2.79. The molecule has 0 saturated carbocycles. The molecule has 120 valence electrons. The molecule has 22 heavy (non-hydrogen) atoms. The second-order valence-corrected chi connectivity index (χ2v) is 5.30. The molecule has 1 aromatic heterocycles. The molecule has 1 N–H and O–H groups in total. The molecule has 0 aliphatic carbocycles. The van der Waals surface area contributed by atoms with Crippen molar-refractivity contribution in [2.45, 2.75) is 25.6 Å². The topological polar surface area (TPSA) is 62.3 Å². The van der Waals surface area contributed by atoms with Crippen LogP contribution in [0.5, 0.6) is 0 Å². The zero-order valence-electron chi connectivity index (χ0n) is 11.9. The number of aromatic nitrogens is 1. The molecule has 8 heteroatoms. The monoisotopic (exact) mass is 315 g/mol. The average molecular weight is 315 g/mol.